The highest BCUT2D eigenvalue weighted by Crippen LogP contribution is 2.21. The molecule has 0 unspecified atom stereocenters. The van der Waals surface area contributed by atoms with Crippen molar-refractivity contribution >= 4 is 29.4 Å². The van der Waals surface area contributed by atoms with Gasteiger partial charge in [0, 0.05) is 11.9 Å². The van der Waals surface area contributed by atoms with E-state index >= 15 is 0 Å². The highest BCUT2D eigenvalue weighted by Gasteiger charge is 2.13. The van der Waals surface area contributed by atoms with Crippen molar-refractivity contribution in [3.8, 4) is 11.6 Å². The molecule has 3 rings (SSSR count). The molecule has 2 heterocycles. The molecular weight excluding hydrogens is 342 g/mol. The topological polar surface area (TPSA) is 110 Å². The molecule has 126 valence electrons. The molecule has 0 aliphatic heterocycles. The predicted octanol–water partition coefficient (Wildman–Crippen LogP) is 2.57. The van der Waals surface area contributed by atoms with Gasteiger partial charge in [0.05, 0.1) is 5.75 Å². The van der Waals surface area contributed by atoms with Gasteiger partial charge in [0.1, 0.15) is 5.69 Å². The molecule has 0 fully saturated rings. The maximum Gasteiger partial charge on any atom is 0.325 e. The minimum absolute atomic E-state index is 0.0357. The Balaban J connectivity index is 1.48. The van der Waals surface area contributed by atoms with Gasteiger partial charge in [-0.3, -0.25) is 15.1 Å². The number of carbonyl (C=O) groups excluding carboxylic acids is 2. The third kappa shape index (κ3) is 4.88. The number of imide groups is 1. The lowest BCUT2D eigenvalue weighted by molar-refractivity contribution is -0.117. The maximum atomic E-state index is 11.8. The number of rotatable bonds is 5. The van der Waals surface area contributed by atoms with Crippen molar-refractivity contribution in [1.29, 1.82) is 0 Å². The second-order valence-corrected chi connectivity index (χ2v) is 5.67. The first-order valence-electron chi connectivity index (χ1n) is 7.24. The van der Waals surface area contributed by atoms with Crippen LogP contribution in [-0.2, 0) is 4.79 Å². The molecule has 2 aromatic heterocycles. The molecule has 0 aliphatic carbocycles. The second kappa shape index (κ2) is 8.06. The summed E-state index contributed by atoms with van der Waals surface area (Å²) in [6, 6.07) is 13.5. The summed E-state index contributed by atoms with van der Waals surface area (Å²) in [6.45, 7) is 0. The third-order valence-electron chi connectivity index (χ3n) is 2.90. The molecule has 0 spiro atoms. The number of thioether (sulfide) groups is 1. The number of hydrogen-bond donors (Lipinski definition) is 2. The van der Waals surface area contributed by atoms with Crippen LogP contribution >= 0.6 is 11.8 Å². The van der Waals surface area contributed by atoms with Crippen LogP contribution in [0.25, 0.3) is 11.6 Å². The van der Waals surface area contributed by atoms with Gasteiger partial charge in [0.25, 0.3) is 11.1 Å². The van der Waals surface area contributed by atoms with Gasteiger partial charge in [-0.25, -0.2) is 4.79 Å². The zero-order valence-electron chi connectivity index (χ0n) is 12.9. The monoisotopic (exact) mass is 355 g/mol. The number of para-hydroxylation sites is 1. The molecule has 0 saturated carbocycles. The number of nitrogens with zero attached hydrogens (tertiary/aromatic N) is 3. The number of benzene rings is 1. The number of aromatic nitrogens is 3. The first kappa shape index (κ1) is 16.7. The van der Waals surface area contributed by atoms with Crippen LogP contribution in [0, 0.1) is 0 Å². The Bertz CT molecular complexity index is 854. The fourth-order valence-corrected chi connectivity index (χ4v) is 2.40. The fraction of sp³-hybridized carbons (Fsp3) is 0.0625. The van der Waals surface area contributed by atoms with E-state index in [2.05, 4.69) is 25.8 Å². The van der Waals surface area contributed by atoms with Gasteiger partial charge in [0.15, 0.2) is 0 Å². The molecule has 0 saturated heterocycles. The number of urea groups is 1. The number of carbonyl (C=O) groups is 2. The van der Waals surface area contributed by atoms with Gasteiger partial charge >= 0.3 is 6.03 Å². The Hall–Kier alpha value is -3.20. The highest BCUT2D eigenvalue weighted by molar-refractivity contribution is 7.99. The molecule has 0 radical (unpaired) electrons. The summed E-state index contributed by atoms with van der Waals surface area (Å²) in [6.07, 6.45) is 1.62. The summed E-state index contributed by atoms with van der Waals surface area (Å²) in [5.41, 5.74) is 1.14. The van der Waals surface area contributed by atoms with E-state index in [9.17, 15) is 9.59 Å². The van der Waals surface area contributed by atoms with E-state index in [1.165, 1.54) is 0 Å². The summed E-state index contributed by atoms with van der Waals surface area (Å²) >= 11 is 1.03. The van der Waals surface area contributed by atoms with Crippen molar-refractivity contribution in [2.24, 2.45) is 0 Å². The van der Waals surface area contributed by atoms with Crippen molar-refractivity contribution in [2.45, 2.75) is 5.22 Å². The molecule has 0 bridgehead atoms. The average Bonchev–Trinajstić information content (AvgIpc) is 3.10. The zero-order chi connectivity index (χ0) is 17.5. The molecule has 2 N–H and O–H groups in total. The van der Waals surface area contributed by atoms with Gasteiger partial charge in [-0.15, -0.1) is 10.2 Å². The van der Waals surface area contributed by atoms with Gasteiger partial charge in [-0.1, -0.05) is 36.0 Å². The summed E-state index contributed by atoms with van der Waals surface area (Å²) in [7, 11) is 0. The lowest BCUT2D eigenvalue weighted by Gasteiger charge is -2.05. The lowest BCUT2D eigenvalue weighted by Crippen LogP contribution is -2.35. The van der Waals surface area contributed by atoms with Crippen LogP contribution in [-0.4, -0.2) is 32.9 Å². The predicted molar refractivity (Wildman–Crippen MR) is 91.9 cm³/mol. The zero-order valence-corrected chi connectivity index (χ0v) is 13.7. The minimum atomic E-state index is -0.600. The quantitative estimate of drug-likeness (QED) is 0.677. The van der Waals surface area contributed by atoms with Crippen molar-refractivity contribution in [3.05, 3.63) is 54.7 Å². The average molecular weight is 355 g/mol. The van der Waals surface area contributed by atoms with Crippen molar-refractivity contribution < 1.29 is 14.0 Å². The molecule has 1 aromatic carbocycles. The smallest absolute Gasteiger partial charge is 0.325 e. The molecule has 9 heteroatoms. The third-order valence-corrected chi connectivity index (χ3v) is 3.72. The van der Waals surface area contributed by atoms with Crippen molar-refractivity contribution in [3.63, 3.8) is 0 Å². The Morgan fingerprint density at radius 1 is 1.04 bits per heavy atom. The van der Waals surface area contributed by atoms with Crippen LogP contribution in [0.1, 0.15) is 0 Å². The van der Waals surface area contributed by atoms with Crippen LogP contribution in [0.5, 0.6) is 0 Å². The Morgan fingerprint density at radius 3 is 2.60 bits per heavy atom. The molecule has 0 aliphatic rings. The van der Waals surface area contributed by atoms with E-state index in [0.717, 1.165) is 11.8 Å². The summed E-state index contributed by atoms with van der Waals surface area (Å²) < 4.78 is 5.42. The van der Waals surface area contributed by atoms with Crippen LogP contribution < -0.4 is 10.6 Å². The van der Waals surface area contributed by atoms with Crippen molar-refractivity contribution in [2.75, 3.05) is 11.1 Å². The van der Waals surface area contributed by atoms with Gasteiger partial charge in [-0.2, -0.15) is 0 Å². The van der Waals surface area contributed by atoms with Crippen LogP contribution in [0.2, 0.25) is 0 Å². The van der Waals surface area contributed by atoms with Gasteiger partial charge in [-0.05, 0) is 24.3 Å². The minimum Gasteiger partial charge on any atom is -0.410 e. The van der Waals surface area contributed by atoms with E-state index in [1.807, 2.05) is 6.07 Å². The number of anilines is 1. The normalized spacial score (nSPS) is 10.2. The molecule has 3 amide bonds. The summed E-state index contributed by atoms with van der Waals surface area (Å²) in [4.78, 5) is 27.6. The molecule has 25 heavy (non-hydrogen) atoms. The fourth-order valence-electron chi connectivity index (χ4n) is 1.83. The molecular formula is C16H13N5O3S. The lowest BCUT2D eigenvalue weighted by atomic mass is 10.3. The van der Waals surface area contributed by atoms with E-state index in [1.54, 1.807) is 48.7 Å². The Labute approximate surface area is 147 Å². The van der Waals surface area contributed by atoms with E-state index in [4.69, 9.17) is 4.42 Å². The highest BCUT2D eigenvalue weighted by atomic mass is 32.2. The standard InChI is InChI=1S/C16H13N5O3S/c22-13(19-15(23)18-11-6-2-1-3-7-11)10-25-16-21-20-14(24-16)12-8-4-5-9-17-12/h1-9H,10H2,(H2,18,19,22,23). The van der Waals surface area contributed by atoms with Gasteiger partial charge in [0.2, 0.25) is 5.91 Å². The van der Waals surface area contributed by atoms with E-state index < -0.39 is 11.9 Å². The number of pyridine rings is 1. The van der Waals surface area contributed by atoms with Crippen molar-refractivity contribution in [1.82, 2.24) is 20.5 Å². The number of amides is 3. The van der Waals surface area contributed by atoms with Gasteiger partial charge < -0.3 is 9.73 Å². The summed E-state index contributed by atoms with van der Waals surface area (Å²) in [5.74, 6) is -0.243. The van der Waals surface area contributed by atoms with Crippen LogP contribution in [0.3, 0.4) is 0 Å². The SMILES string of the molecule is O=C(CSc1nnc(-c2ccccn2)o1)NC(=O)Nc1ccccc1. The van der Waals surface area contributed by atoms with E-state index in [-0.39, 0.29) is 16.9 Å². The first-order valence-corrected chi connectivity index (χ1v) is 8.23. The van der Waals surface area contributed by atoms with E-state index in [0.29, 0.717) is 11.4 Å². The van der Waals surface area contributed by atoms with Crippen LogP contribution in [0.4, 0.5) is 10.5 Å². The first-order chi connectivity index (χ1) is 12.2. The Kier molecular flexibility index (Phi) is 5.37. The maximum absolute atomic E-state index is 11.8. The largest absolute Gasteiger partial charge is 0.410 e. The molecule has 3 aromatic rings. The molecule has 0 atom stereocenters. The number of hydrogen-bond acceptors (Lipinski definition) is 7. The number of nitrogens with one attached hydrogen (secondary N) is 2. The second-order valence-electron chi connectivity index (χ2n) is 4.75. The molecule has 8 nitrogen and oxygen atoms in total. The van der Waals surface area contributed by atoms with Crippen LogP contribution in [0.15, 0.2) is 64.4 Å². The summed E-state index contributed by atoms with van der Waals surface area (Å²) in [5, 5.41) is 12.7. The Morgan fingerprint density at radius 2 is 1.84 bits per heavy atom.